The van der Waals surface area contributed by atoms with Crippen molar-refractivity contribution in [2.75, 3.05) is 0 Å². The third-order valence-electron chi connectivity index (χ3n) is 6.41. The molecule has 2 heterocycles. The SMILES string of the molecule is Cc1ccc(-c2[c-]ccc(-c3ccc(F)cc3)c2)nc1.Cc1ccc(-c2cccc(-c3ccc(F)cc3)c2)nc1.[Ir]. The minimum absolute atomic E-state index is 0. The molecule has 0 bridgehead atoms. The molecule has 0 aliphatic rings. The van der Waals surface area contributed by atoms with E-state index in [1.165, 1.54) is 24.3 Å². The summed E-state index contributed by atoms with van der Waals surface area (Å²) in [5, 5.41) is 0. The zero-order valence-electron chi connectivity index (χ0n) is 22.6. The van der Waals surface area contributed by atoms with Crippen molar-refractivity contribution in [1.82, 2.24) is 9.97 Å². The molecular formula is C36H27F2IrN2-. The summed E-state index contributed by atoms with van der Waals surface area (Å²) in [7, 11) is 0. The maximum atomic E-state index is 13.0. The molecule has 2 nitrogen and oxygen atoms in total. The van der Waals surface area contributed by atoms with Crippen molar-refractivity contribution in [3.05, 3.63) is 156 Å². The van der Waals surface area contributed by atoms with E-state index >= 15 is 0 Å². The fraction of sp³-hybridized carbons (Fsp3) is 0.0556. The second-order valence-corrected chi connectivity index (χ2v) is 9.53. The van der Waals surface area contributed by atoms with Crippen LogP contribution in [0.2, 0.25) is 0 Å². The van der Waals surface area contributed by atoms with Gasteiger partial charge in [-0.05, 0) is 83.8 Å². The number of pyridine rings is 2. The summed E-state index contributed by atoms with van der Waals surface area (Å²) in [6.07, 6.45) is 3.70. The number of nitrogens with zero attached hydrogens (tertiary/aromatic N) is 2. The molecule has 0 fully saturated rings. The van der Waals surface area contributed by atoms with Gasteiger partial charge in [-0.25, -0.2) is 8.78 Å². The van der Waals surface area contributed by atoms with Gasteiger partial charge in [0.05, 0.1) is 5.69 Å². The van der Waals surface area contributed by atoms with Gasteiger partial charge in [0.25, 0.3) is 0 Å². The van der Waals surface area contributed by atoms with Gasteiger partial charge < -0.3 is 4.98 Å². The molecule has 0 N–H and O–H groups in total. The van der Waals surface area contributed by atoms with E-state index in [0.29, 0.717) is 0 Å². The standard InChI is InChI=1S/C18H14FN.C18H13FN.Ir/c2*1-13-5-10-18(20-12-13)16-4-2-3-15(11-16)14-6-8-17(19)9-7-14;/h2-12H,1H3;2-3,5-12H,1H3;/q;-1;. The summed E-state index contributed by atoms with van der Waals surface area (Å²) in [4.78, 5) is 8.84. The molecule has 0 saturated heterocycles. The average molecular weight is 718 g/mol. The van der Waals surface area contributed by atoms with E-state index in [9.17, 15) is 8.78 Å². The fourth-order valence-electron chi connectivity index (χ4n) is 4.20. The van der Waals surface area contributed by atoms with Gasteiger partial charge in [-0.2, -0.15) is 0 Å². The van der Waals surface area contributed by atoms with Gasteiger partial charge in [0.1, 0.15) is 11.6 Å². The zero-order valence-corrected chi connectivity index (χ0v) is 25.0. The van der Waals surface area contributed by atoms with Crippen LogP contribution in [0.5, 0.6) is 0 Å². The molecule has 0 aliphatic carbocycles. The Bertz CT molecular complexity index is 1450. The van der Waals surface area contributed by atoms with Crippen molar-refractivity contribution in [3.8, 4) is 44.8 Å². The molecule has 6 rings (SSSR count). The van der Waals surface area contributed by atoms with Crippen LogP contribution in [0.1, 0.15) is 11.1 Å². The molecule has 6 aromatic rings. The quantitative estimate of drug-likeness (QED) is 0.170. The first kappa shape index (κ1) is 29.7. The molecule has 0 amide bonds. The predicted octanol–water partition coefficient (Wildman–Crippen LogP) is 9.52. The maximum absolute atomic E-state index is 13.0. The third kappa shape index (κ3) is 7.88. The predicted molar refractivity (Wildman–Crippen MR) is 158 cm³/mol. The first-order valence-corrected chi connectivity index (χ1v) is 12.9. The number of hydrogen-bond acceptors (Lipinski definition) is 2. The zero-order chi connectivity index (χ0) is 27.9. The Morgan fingerprint density at radius 2 is 1.02 bits per heavy atom. The fourth-order valence-corrected chi connectivity index (χ4v) is 4.20. The minimum Gasteiger partial charge on any atom is -0.304 e. The van der Waals surface area contributed by atoms with Gasteiger partial charge in [0, 0.05) is 38.1 Å². The van der Waals surface area contributed by atoms with Crippen molar-refractivity contribution in [3.63, 3.8) is 0 Å². The molecule has 0 unspecified atom stereocenters. The van der Waals surface area contributed by atoms with Gasteiger partial charge in [0.2, 0.25) is 0 Å². The molecule has 1 radical (unpaired) electrons. The molecule has 5 heteroatoms. The molecule has 0 atom stereocenters. The van der Waals surface area contributed by atoms with Crippen molar-refractivity contribution in [2.45, 2.75) is 13.8 Å². The first-order valence-electron chi connectivity index (χ1n) is 12.9. The van der Waals surface area contributed by atoms with Crippen LogP contribution in [0.4, 0.5) is 8.78 Å². The van der Waals surface area contributed by atoms with Gasteiger partial charge in [-0.3, -0.25) is 4.98 Å². The molecule has 41 heavy (non-hydrogen) atoms. The monoisotopic (exact) mass is 718 g/mol. The summed E-state index contributed by atoms with van der Waals surface area (Å²) in [5.41, 5.74) is 10.2. The van der Waals surface area contributed by atoms with Crippen LogP contribution in [0, 0.1) is 31.5 Å². The van der Waals surface area contributed by atoms with E-state index < -0.39 is 0 Å². The van der Waals surface area contributed by atoms with Crippen LogP contribution in [0.25, 0.3) is 44.8 Å². The second-order valence-electron chi connectivity index (χ2n) is 9.53. The van der Waals surface area contributed by atoms with E-state index in [2.05, 4.69) is 22.1 Å². The van der Waals surface area contributed by atoms with E-state index in [0.717, 1.165) is 55.9 Å². The van der Waals surface area contributed by atoms with Gasteiger partial charge in [-0.15, -0.1) is 35.4 Å². The Morgan fingerprint density at radius 3 is 1.56 bits per heavy atom. The Hall–Kier alpha value is -4.31. The number of halogens is 2. The number of hydrogen-bond donors (Lipinski definition) is 0. The van der Waals surface area contributed by atoms with Crippen molar-refractivity contribution in [2.24, 2.45) is 0 Å². The Balaban J connectivity index is 0.000000184. The van der Waals surface area contributed by atoms with Crippen molar-refractivity contribution in [1.29, 1.82) is 0 Å². The second kappa shape index (κ2) is 13.8. The normalized spacial score (nSPS) is 10.2. The van der Waals surface area contributed by atoms with Crippen LogP contribution in [0.3, 0.4) is 0 Å². The summed E-state index contributed by atoms with van der Waals surface area (Å²) in [6, 6.07) is 38.3. The van der Waals surface area contributed by atoms with Gasteiger partial charge in [0.15, 0.2) is 0 Å². The Labute approximate surface area is 253 Å². The van der Waals surface area contributed by atoms with E-state index in [-0.39, 0.29) is 31.7 Å². The smallest absolute Gasteiger partial charge is 0.123 e. The molecule has 0 spiro atoms. The number of aryl methyl sites for hydroxylation is 2. The molecule has 4 aromatic carbocycles. The molecular weight excluding hydrogens is 691 g/mol. The molecule has 205 valence electrons. The number of rotatable bonds is 4. The van der Waals surface area contributed by atoms with Crippen LogP contribution in [0.15, 0.2) is 128 Å². The van der Waals surface area contributed by atoms with Crippen molar-refractivity contribution >= 4 is 0 Å². The Kier molecular flexibility index (Phi) is 10.0. The van der Waals surface area contributed by atoms with E-state index in [1.54, 1.807) is 24.3 Å². The van der Waals surface area contributed by atoms with Gasteiger partial charge >= 0.3 is 0 Å². The van der Waals surface area contributed by atoms with Gasteiger partial charge in [-0.1, -0.05) is 60.7 Å². The number of benzene rings is 4. The molecule has 0 aliphatic heterocycles. The molecule has 2 aromatic heterocycles. The number of aromatic nitrogens is 2. The Morgan fingerprint density at radius 1 is 0.512 bits per heavy atom. The topological polar surface area (TPSA) is 25.8 Å². The molecule has 0 saturated carbocycles. The maximum Gasteiger partial charge on any atom is 0.123 e. The first-order chi connectivity index (χ1) is 19.4. The average Bonchev–Trinajstić information content (AvgIpc) is 2.99. The largest absolute Gasteiger partial charge is 0.304 e. The van der Waals surface area contributed by atoms with Crippen molar-refractivity contribution < 1.29 is 28.9 Å². The summed E-state index contributed by atoms with van der Waals surface area (Å²) in [5.74, 6) is -0.443. The van der Waals surface area contributed by atoms with Crippen LogP contribution in [-0.4, -0.2) is 9.97 Å². The van der Waals surface area contributed by atoms with E-state index in [4.69, 9.17) is 0 Å². The van der Waals surface area contributed by atoms with E-state index in [1.807, 2.05) is 86.9 Å². The van der Waals surface area contributed by atoms with Crippen LogP contribution < -0.4 is 0 Å². The van der Waals surface area contributed by atoms with Crippen LogP contribution in [-0.2, 0) is 20.1 Å². The summed E-state index contributed by atoms with van der Waals surface area (Å²) >= 11 is 0. The summed E-state index contributed by atoms with van der Waals surface area (Å²) < 4.78 is 25.9. The third-order valence-corrected chi connectivity index (χ3v) is 6.41. The summed E-state index contributed by atoms with van der Waals surface area (Å²) in [6.45, 7) is 4.03. The minimum atomic E-state index is -0.225. The van der Waals surface area contributed by atoms with Crippen LogP contribution >= 0.6 is 0 Å².